The highest BCUT2D eigenvalue weighted by Crippen LogP contribution is 2.26. The van der Waals surface area contributed by atoms with Gasteiger partial charge in [-0.25, -0.2) is 9.37 Å². The SMILES string of the molecule is CCOc1ccccc1NC(=O)Cc1nc(-c2ccccc2F)oc1C. The Bertz CT molecular complexity index is 921. The predicted molar refractivity (Wildman–Crippen MR) is 96.6 cm³/mol. The summed E-state index contributed by atoms with van der Waals surface area (Å²) in [6.45, 7) is 4.08. The number of carbonyl (C=O) groups is 1. The number of para-hydroxylation sites is 2. The molecule has 26 heavy (non-hydrogen) atoms. The standard InChI is InChI=1S/C20H19FN2O3/c1-3-25-18-11-7-6-10-16(18)22-19(24)12-17-13(2)26-20(23-17)14-8-4-5-9-15(14)21/h4-11H,3,12H2,1-2H3,(H,22,24). The lowest BCUT2D eigenvalue weighted by molar-refractivity contribution is -0.115. The first kappa shape index (κ1) is 17.7. The van der Waals surface area contributed by atoms with Crippen LogP contribution in [0.1, 0.15) is 18.4 Å². The Balaban J connectivity index is 1.76. The highest BCUT2D eigenvalue weighted by Gasteiger charge is 2.17. The van der Waals surface area contributed by atoms with Gasteiger partial charge >= 0.3 is 0 Å². The highest BCUT2D eigenvalue weighted by atomic mass is 19.1. The van der Waals surface area contributed by atoms with Crippen LogP contribution in [0, 0.1) is 12.7 Å². The average Bonchev–Trinajstić information content (AvgIpc) is 2.97. The maximum absolute atomic E-state index is 13.9. The highest BCUT2D eigenvalue weighted by molar-refractivity contribution is 5.93. The molecule has 3 aromatic rings. The maximum Gasteiger partial charge on any atom is 0.230 e. The summed E-state index contributed by atoms with van der Waals surface area (Å²) in [5, 5.41) is 2.81. The van der Waals surface area contributed by atoms with Gasteiger partial charge in [0.2, 0.25) is 11.8 Å². The third kappa shape index (κ3) is 3.91. The number of carbonyl (C=O) groups excluding carboxylic acids is 1. The van der Waals surface area contributed by atoms with Gasteiger partial charge in [-0.15, -0.1) is 0 Å². The minimum Gasteiger partial charge on any atom is -0.492 e. The van der Waals surface area contributed by atoms with Gasteiger partial charge < -0.3 is 14.5 Å². The van der Waals surface area contributed by atoms with Crippen molar-refractivity contribution < 1.29 is 18.3 Å². The first-order chi connectivity index (χ1) is 12.6. The van der Waals surface area contributed by atoms with Gasteiger partial charge in [-0.1, -0.05) is 24.3 Å². The molecule has 0 saturated heterocycles. The lowest BCUT2D eigenvalue weighted by atomic mass is 10.2. The molecule has 0 bridgehead atoms. The summed E-state index contributed by atoms with van der Waals surface area (Å²) < 4.78 is 24.9. The number of hydrogen-bond acceptors (Lipinski definition) is 4. The molecule has 1 N–H and O–H groups in total. The molecule has 1 heterocycles. The number of nitrogens with zero attached hydrogens (tertiary/aromatic N) is 1. The fourth-order valence-electron chi connectivity index (χ4n) is 2.54. The van der Waals surface area contributed by atoms with Gasteiger partial charge in [0.15, 0.2) is 0 Å². The van der Waals surface area contributed by atoms with Crippen molar-refractivity contribution in [1.29, 1.82) is 0 Å². The van der Waals surface area contributed by atoms with E-state index < -0.39 is 5.82 Å². The average molecular weight is 354 g/mol. The van der Waals surface area contributed by atoms with Crippen molar-refractivity contribution >= 4 is 11.6 Å². The maximum atomic E-state index is 13.9. The van der Waals surface area contributed by atoms with Crippen molar-refractivity contribution in [2.24, 2.45) is 0 Å². The number of amides is 1. The van der Waals surface area contributed by atoms with Crippen molar-refractivity contribution in [3.8, 4) is 17.2 Å². The monoisotopic (exact) mass is 354 g/mol. The molecule has 0 radical (unpaired) electrons. The third-order valence-electron chi connectivity index (χ3n) is 3.79. The second-order valence-corrected chi connectivity index (χ2v) is 5.66. The number of oxazole rings is 1. The quantitative estimate of drug-likeness (QED) is 0.714. The van der Waals surface area contributed by atoms with E-state index in [2.05, 4.69) is 10.3 Å². The minimum atomic E-state index is -0.421. The summed E-state index contributed by atoms with van der Waals surface area (Å²) in [4.78, 5) is 16.7. The van der Waals surface area contributed by atoms with E-state index in [4.69, 9.17) is 9.15 Å². The van der Waals surface area contributed by atoms with Crippen molar-refractivity contribution in [2.75, 3.05) is 11.9 Å². The molecule has 0 fully saturated rings. The van der Waals surface area contributed by atoms with Gasteiger partial charge in [0.05, 0.1) is 30.0 Å². The number of hydrogen-bond donors (Lipinski definition) is 1. The van der Waals surface area contributed by atoms with Gasteiger partial charge in [0.25, 0.3) is 0 Å². The zero-order valence-electron chi connectivity index (χ0n) is 14.6. The Kier molecular flexibility index (Phi) is 5.31. The summed E-state index contributed by atoms with van der Waals surface area (Å²) in [7, 11) is 0. The fourth-order valence-corrected chi connectivity index (χ4v) is 2.54. The Morgan fingerprint density at radius 3 is 2.69 bits per heavy atom. The van der Waals surface area contributed by atoms with Crippen molar-refractivity contribution in [2.45, 2.75) is 20.3 Å². The van der Waals surface area contributed by atoms with E-state index in [1.54, 1.807) is 37.3 Å². The molecular formula is C20H19FN2O3. The summed E-state index contributed by atoms with van der Waals surface area (Å²) in [5.74, 6) is 0.575. The van der Waals surface area contributed by atoms with Crippen LogP contribution in [0.4, 0.5) is 10.1 Å². The van der Waals surface area contributed by atoms with E-state index in [0.717, 1.165) is 0 Å². The number of aryl methyl sites for hydroxylation is 1. The van der Waals surface area contributed by atoms with Crippen LogP contribution in [0.25, 0.3) is 11.5 Å². The normalized spacial score (nSPS) is 10.6. The molecule has 0 aliphatic rings. The van der Waals surface area contributed by atoms with Crippen LogP contribution in [-0.4, -0.2) is 17.5 Å². The first-order valence-electron chi connectivity index (χ1n) is 8.31. The molecule has 1 aromatic heterocycles. The van der Waals surface area contributed by atoms with E-state index in [-0.39, 0.29) is 23.8 Å². The molecule has 6 heteroatoms. The Morgan fingerprint density at radius 2 is 1.92 bits per heavy atom. The molecule has 0 aliphatic carbocycles. The van der Waals surface area contributed by atoms with Gasteiger partial charge in [-0.2, -0.15) is 0 Å². The summed E-state index contributed by atoms with van der Waals surface area (Å²) >= 11 is 0. The largest absolute Gasteiger partial charge is 0.492 e. The zero-order valence-corrected chi connectivity index (χ0v) is 14.6. The predicted octanol–water partition coefficient (Wildman–Crippen LogP) is 4.37. The number of halogens is 1. The number of nitrogens with one attached hydrogen (secondary N) is 1. The Labute approximate surface area is 150 Å². The van der Waals surface area contributed by atoms with E-state index in [0.29, 0.717) is 29.5 Å². The molecule has 0 saturated carbocycles. The number of rotatable bonds is 6. The number of aromatic nitrogens is 1. The zero-order chi connectivity index (χ0) is 18.5. The van der Waals surface area contributed by atoms with Crippen LogP contribution in [-0.2, 0) is 11.2 Å². The fraction of sp³-hybridized carbons (Fsp3) is 0.200. The van der Waals surface area contributed by atoms with Crippen molar-refractivity contribution in [3.05, 3.63) is 65.8 Å². The molecule has 5 nitrogen and oxygen atoms in total. The van der Waals surface area contributed by atoms with Crippen LogP contribution >= 0.6 is 0 Å². The van der Waals surface area contributed by atoms with Crippen LogP contribution in [0.15, 0.2) is 52.9 Å². The third-order valence-corrected chi connectivity index (χ3v) is 3.79. The Morgan fingerprint density at radius 1 is 1.19 bits per heavy atom. The topological polar surface area (TPSA) is 64.4 Å². The Hall–Kier alpha value is -3.15. The molecule has 0 unspecified atom stereocenters. The van der Waals surface area contributed by atoms with Crippen molar-refractivity contribution in [1.82, 2.24) is 4.98 Å². The second-order valence-electron chi connectivity index (χ2n) is 5.66. The van der Waals surface area contributed by atoms with Crippen molar-refractivity contribution in [3.63, 3.8) is 0 Å². The van der Waals surface area contributed by atoms with Gasteiger partial charge in [-0.3, -0.25) is 4.79 Å². The van der Waals surface area contributed by atoms with Gasteiger partial charge in [-0.05, 0) is 38.1 Å². The smallest absolute Gasteiger partial charge is 0.230 e. The molecule has 0 aliphatic heterocycles. The van der Waals surface area contributed by atoms with Crippen LogP contribution < -0.4 is 10.1 Å². The lowest BCUT2D eigenvalue weighted by Crippen LogP contribution is -2.16. The van der Waals surface area contributed by atoms with E-state index in [1.165, 1.54) is 6.07 Å². The number of ether oxygens (including phenoxy) is 1. The molecular weight excluding hydrogens is 335 g/mol. The van der Waals surface area contributed by atoms with Gasteiger partial charge in [0.1, 0.15) is 17.3 Å². The van der Waals surface area contributed by atoms with E-state index in [9.17, 15) is 9.18 Å². The summed E-state index contributed by atoms with van der Waals surface area (Å²) in [6, 6.07) is 13.4. The minimum absolute atomic E-state index is 0.0181. The van der Waals surface area contributed by atoms with Crippen LogP contribution in [0.5, 0.6) is 5.75 Å². The van der Waals surface area contributed by atoms with E-state index >= 15 is 0 Å². The molecule has 3 rings (SSSR count). The number of anilines is 1. The summed E-state index contributed by atoms with van der Waals surface area (Å²) in [6.07, 6.45) is 0.0181. The lowest BCUT2D eigenvalue weighted by Gasteiger charge is -2.10. The van der Waals surface area contributed by atoms with Gasteiger partial charge in [0, 0.05) is 0 Å². The molecule has 0 spiro atoms. The molecule has 134 valence electrons. The van der Waals surface area contributed by atoms with E-state index in [1.807, 2.05) is 19.1 Å². The number of benzene rings is 2. The molecule has 2 aromatic carbocycles. The summed E-state index contributed by atoms with van der Waals surface area (Å²) in [5.41, 5.74) is 1.33. The van der Waals surface area contributed by atoms with Crippen LogP contribution in [0.3, 0.4) is 0 Å². The molecule has 0 atom stereocenters. The second kappa shape index (κ2) is 7.82. The molecule has 1 amide bonds. The first-order valence-corrected chi connectivity index (χ1v) is 8.31. The van der Waals surface area contributed by atoms with Crippen LogP contribution in [0.2, 0.25) is 0 Å².